The molecule has 11 heteroatoms. The number of nitrogens with one attached hydrogen (secondary N) is 2. The molecule has 0 saturated carbocycles. The van der Waals surface area contributed by atoms with Crippen LogP contribution < -0.4 is 15.5 Å². The number of amides is 1. The average Bonchev–Trinajstić information content (AvgIpc) is 2.84. The van der Waals surface area contributed by atoms with E-state index in [4.69, 9.17) is 0 Å². The fourth-order valence-electron chi connectivity index (χ4n) is 4.51. The van der Waals surface area contributed by atoms with E-state index in [9.17, 15) is 18.0 Å². The number of aromatic nitrogens is 2. The Morgan fingerprint density at radius 2 is 1.78 bits per heavy atom. The third kappa shape index (κ3) is 6.57. The van der Waals surface area contributed by atoms with E-state index >= 15 is 0 Å². The number of halogens is 3. The fraction of sp³-hybridized carbons (Fsp3) is 0.560. The Labute approximate surface area is 209 Å². The van der Waals surface area contributed by atoms with Crippen LogP contribution in [-0.2, 0) is 11.0 Å². The van der Waals surface area contributed by atoms with Gasteiger partial charge in [-0.05, 0) is 44.9 Å². The molecule has 196 valence electrons. The SMILES string of the molecule is Cc1cc(N2CCN(C)CC2)ncc1Nc1cc(NCCCN2CCCCC2=O)c(C(F)(F)F)cn1. The lowest BCUT2D eigenvalue weighted by atomic mass is 10.1. The summed E-state index contributed by atoms with van der Waals surface area (Å²) >= 11 is 0. The van der Waals surface area contributed by atoms with Crippen LogP contribution in [0.2, 0.25) is 0 Å². The monoisotopic (exact) mass is 505 g/mol. The number of hydrogen-bond donors (Lipinski definition) is 2. The number of rotatable bonds is 8. The van der Waals surface area contributed by atoms with Gasteiger partial charge >= 0.3 is 6.18 Å². The maximum atomic E-state index is 13.6. The third-order valence-electron chi connectivity index (χ3n) is 6.74. The smallest absolute Gasteiger partial charge is 0.384 e. The van der Waals surface area contributed by atoms with Gasteiger partial charge in [-0.3, -0.25) is 4.79 Å². The molecule has 4 rings (SSSR count). The van der Waals surface area contributed by atoms with Gasteiger partial charge in [0.1, 0.15) is 11.6 Å². The van der Waals surface area contributed by atoms with Crippen molar-refractivity contribution in [2.24, 2.45) is 0 Å². The minimum Gasteiger partial charge on any atom is -0.384 e. The number of carbonyl (C=O) groups is 1. The highest BCUT2D eigenvalue weighted by atomic mass is 19.4. The molecule has 0 unspecified atom stereocenters. The van der Waals surface area contributed by atoms with E-state index in [1.165, 1.54) is 6.07 Å². The number of alkyl halides is 3. The summed E-state index contributed by atoms with van der Waals surface area (Å²) in [5.74, 6) is 1.31. The van der Waals surface area contributed by atoms with Crippen molar-refractivity contribution in [2.75, 3.05) is 68.4 Å². The molecule has 36 heavy (non-hydrogen) atoms. The number of nitrogens with zero attached hydrogens (tertiary/aromatic N) is 5. The molecule has 0 radical (unpaired) electrons. The molecule has 2 N–H and O–H groups in total. The first-order chi connectivity index (χ1) is 17.2. The Bertz CT molecular complexity index is 1050. The lowest BCUT2D eigenvalue weighted by molar-refractivity contribution is -0.137. The van der Waals surface area contributed by atoms with Gasteiger partial charge in [0.05, 0.1) is 23.1 Å². The van der Waals surface area contributed by atoms with E-state index in [0.29, 0.717) is 37.4 Å². The van der Waals surface area contributed by atoms with E-state index in [2.05, 4.69) is 37.4 Å². The third-order valence-corrected chi connectivity index (χ3v) is 6.74. The number of likely N-dealkylation sites (N-methyl/N-ethyl adjacent to an activating group) is 1. The van der Waals surface area contributed by atoms with Crippen LogP contribution in [0.25, 0.3) is 0 Å². The Hall–Kier alpha value is -3.08. The molecule has 2 saturated heterocycles. The van der Waals surface area contributed by atoms with Crippen LogP contribution in [0.15, 0.2) is 24.5 Å². The molecule has 0 spiro atoms. The van der Waals surface area contributed by atoms with Crippen LogP contribution in [0.5, 0.6) is 0 Å². The molecule has 2 aromatic rings. The first-order valence-corrected chi connectivity index (χ1v) is 12.5. The lowest BCUT2D eigenvalue weighted by Gasteiger charge is -2.33. The minimum atomic E-state index is -4.53. The summed E-state index contributed by atoms with van der Waals surface area (Å²) in [6.45, 7) is 7.26. The summed E-state index contributed by atoms with van der Waals surface area (Å²) in [6.07, 6.45) is 1.01. The highest BCUT2D eigenvalue weighted by Crippen LogP contribution is 2.36. The molecule has 1 amide bonds. The summed E-state index contributed by atoms with van der Waals surface area (Å²) in [5, 5.41) is 6.02. The number of hydrogen-bond acceptors (Lipinski definition) is 7. The summed E-state index contributed by atoms with van der Waals surface area (Å²) in [6, 6.07) is 3.36. The highest BCUT2D eigenvalue weighted by molar-refractivity contribution is 5.76. The standard InChI is InChI=1S/C25H34F3N7O/c1-18-14-23(34-12-10-33(2)11-13-34)31-17-21(18)32-22-15-20(19(16-30-22)25(26,27)28)29-7-5-9-35-8-4-3-6-24(35)36/h14-17H,3-13H2,1-2H3,(H2,29,30,32). The predicted octanol–water partition coefficient (Wildman–Crippen LogP) is 4.11. The van der Waals surface area contributed by atoms with Crippen molar-refractivity contribution >= 4 is 28.9 Å². The number of aryl methyl sites for hydroxylation is 1. The van der Waals surface area contributed by atoms with E-state index in [1.807, 2.05) is 13.0 Å². The zero-order valence-corrected chi connectivity index (χ0v) is 20.9. The number of likely N-dealkylation sites (tertiary alicyclic amines) is 1. The number of piperidine rings is 1. The molecular formula is C25H34F3N7O. The molecule has 0 aromatic carbocycles. The summed E-state index contributed by atoms with van der Waals surface area (Å²) in [5.41, 5.74) is 0.767. The van der Waals surface area contributed by atoms with Crippen molar-refractivity contribution in [3.05, 3.63) is 35.7 Å². The predicted molar refractivity (Wildman–Crippen MR) is 135 cm³/mol. The van der Waals surface area contributed by atoms with E-state index in [-0.39, 0.29) is 11.6 Å². The number of pyridine rings is 2. The first kappa shape index (κ1) is 26.0. The van der Waals surface area contributed by atoms with Crippen molar-refractivity contribution in [2.45, 2.75) is 38.8 Å². The molecule has 0 aliphatic carbocycles. The molecule has 2 fully saturated rings. The van der Waals surface area contributed by atoms with Gasteiger partial charge in [-0.25, -0.2) is 9.97 Å². The normalized spacial score (nSPS) is 17.4. The Kier molecular flexibility index (Phi) is 8.17. The molecule has 2 aromatic heterocycles. The van der Waals surface area contributed by atoms with Crippen LogP contribution in [0, 0.1) is 6.92 Å². The molecule has 8 nitrogen and oxygen atoms in total. The summed E-state index contributed by atoms with van der Waals surface area (Å²) < 4.78 is 40.8. The average molecular weight is 506 g/mol. The second-order valence-corrected chi connectivity index (χ2v) is 9.50. The van der Waals surface area contributed by atoms with Crippen LogP contribution in [0.1, 0.15) is 36.8 Å². The molecule has 2 aliphatic rings. The Balaban J connectivity index is 1.42. The minimum absolute atomic E-state index is 0.0374. The van der Waals surface area contributed by atoms with E-state index < -0.39 is 11.7 Å². The van der Waals surface area contributed by atoms with Crippen LogP contribution in [0.4, 0.5) is 36.2 Å². The van der Waals surface area contributed by atoms with Crippen LogP contribution in [-0.4, -0.2) is 78.5 Å². The first-order valence-electron chi connectivity index (χ1n) is 12.5. The topological polar surface area (TPSA) is 76.6 Å². The largest absolute Gasteiger partial charge is 0.419 e. The van der Waals surface area contributed by atoms with Gasteiger partial charge in [-0.2, -0.15) is 13.2 Å². The molecular weight excluding hydrogens is 471 g/mol. The second kappa shape index (κ2) is 11.3. The van der Waals surface area contributed by atoms with E-state index in [0.717, 1.165) is 63.1 Å². The van der Waals surface area contributed by atoms with E-state index in [1.54, 1.807) is 11.1 Å². The van der Waals surface area contributed by atoms with Crippen molar-refractivity contribution < 1.29 is 18.0 Å². The van der Waals surface area contributed by atoms with Gasteiger partial charge in [0, 0.05) is 64.5 Å². The zero-order valence-electron chi connectivity index (χ0n) is 20.9. The van der Waals surface area contributed by atoms with Gasteiger partial charge in [0.25, 0.3) is 0 Å². The summed E-state index contributed by atoms with van der Waals surface area (Å²) in [4.78, 5) is 26.8. The maximum Gasteiger partial charge on any atom is 0.419 e. The van der Waals surface area contributed by atoms with Crippen molar-refractivity contribution in [1.82, 2.24) is 19.8 Å². The van der Waals surface area contributed by atoms with Crippen molar-refractivity contribution in [1.29, 1.82) is 0 Å². The Morgan fingerprint density at radius 1 is 1.00 bits per heavy atom. The number of anilines is 4. The maximum absolute atomic E-state index is 13.6. The highest BCUT2D eigenvalue weighted by Gasteiger charge is 2.34. The second-order valence-electron chi connectivity index (χ2n) is 9.50. The van der Waals surface area contributed by atoms with Crippen molar-refractivity contribution in [3.63, 3.8) is 0 Å². The molecule has 0 bridgehead atoms. The Morgan fingerprint density at radius 3 is 2.47 bits per heavy atom. The van der Waals surface area contributed by atoms with Crippen LogP contribution >= 0.6 is 0 Å². The zero-order chi connectivity index (χ0) is 25.7. The van der Waals surface area contributed by atoms with Gasteiger partial charge in [-0.1, -0.05) is 0 Å². The van der Waals surface area contributed by atoms with Gasteiger partial charge in [-0.15, -0.1) is 0 Å². The summed E-state index contributed by atoms with van der Waals surface area (Å²) in [7, 11) is 2.10. The van der Waals surface area contributed by atoms with Gasteiger partial charge < -0.3 is 25.3 Å². The molecule has 4 heterocycles. The quantitative estimate of drug-likeness (QED) is 0.523. The van der Waals surface area contributed by atoms with Crippen molar-refractivity contribution in [3.8, 4) is 0 Å². The fourth-order valence-corrected chi connectivity index (χ4v) is 4.51. The number of piperazine rings is 1. The molecule has 0 atom stereocenters. The lowest BCUT2D eigenvalue weighted by Crippen LogP contribution is -2.44. The van der Waals surface area contributed by atoms with Crippen LogP contribution in [0.3, 0.4) is 0 Å². The van der Waals surface area contributed by atoms with Gasteiger partial charge in [0.15, 0.2) is 0 Å². The van der Waals surface area contributed by atoms with Gasteiger partial charge in [0.2, 0.25) is 5.91 Å². The molecule has 2 aliphatic heterocycles. The number of carbonyl (C=O) groups excluding carboxylic acids is 1.